The number of nitrogens with zero attached hydrogens (tertiary/aromatic N) is 1. The van der Waals surface area contributed by atoms with Crippen LogP contribution in [0.3, 0.4) is 0 Å². The van der Waals surface area contributed by atoms with Gasteiger partial charge in [-0.1, -0.05) is 24.3 Å². The number of aromatic nitrogens is 1. The number of benzene rings is 1. The van der Waals surface area contributed by atoms with Crippen molar-refractivity contribution in [3.05, 3.63) is 33.4 Å². The normalized spacial score (nSPS) is 10.8. The zero-order valence-electron chi connectivity index (χ0n) is 8.77. The fourth-order valence-electron chi connectivity index (χ4n) is 1.62. The van der Waals surface area contributed by atoms with E-state index in [9.17, 15) is 9.59 Å². The van der Waals surface area contributed by atoms with Crippen molar-refractivity contribution in [3.8, 4) is 0 Å². The van der Waals surface area contributed by atoms with Crippen LogP contribution in [0, 0.1) is 0 Å². The fourth-order valence-corrected chi connectivity index (χ4v) is 2.57. The molecule has 5 heteroatoms. The molecule has 2 rings (SSSR count). The Morgan fingerprint density at radius 2 is 2.25 bits per heavy atom. The Bertz CT molecular complexity index is 597. The zero-order valence-corrected chi connectivity index (χ0v) is 9.58. The first-order valence-corrected chi connectivity index (χ1v) is 5.77. The number of carboxylic acid groups (broad SMARTS) is 1. The smallest absolute Gasteiger partial charge is 0.323 e. The molecule has 0 saturated carbocycles. The highest BCUT2D eigenvalue weighted by Crippen LogP contribution is 2.19. The SMILES string of the molecule is CCc1ccc2c(c1)sc(=O)n2CC(=O)O. The second-order valence-electron chi connectivity index (χ2n) is 3.50. The van der Waals surface area contributed by atoms with Crippen LogP contribution >= 0.6 is 11.3 Å². The van der Waals surface area contributed by atoms with Crippen LogP contribution in [0.1, 0.15) is 12.5 Å². The molecule has 0 aliphatic carbocycles. The lowest BCUT2D eigenvalue weighted by atomic mass is 10.2. The molecule has 1 heterocycles. The van der Waals surface area contributed by atoms with Gasteiger partial charge in [-0.15, -0.1) is 0 Å². The first-order chi connectivity index (χ1) is 7.61. The second kappa shape index (κ2) is 4.09. The molecule has 16 heavy (non-hydrogen) atoms. The van der Waals surface area contributed by atoms with Gasteiger partial charge in [0.2, 0.25) is 0 Å². The molecule has 0 bridgehead atoms. The predicted molar refractivity (Wildman–Crippen MR) is 63.1 cm³/mol. The molecule has 0 aliphatic rings. The van der Waals surface area contributed by atoms with Crippen LogP contribution in [0.25, 0.3) is 10.2 Å². The first-order valence-electron chi connectivity index (χ1n) is 4.96. The van der Waals surface area contributed by atoms with Gasteiger partial charge in [0.25, 0.3) is 0 Å². The summed E-state index contributed by atoms with van der Waals surface area (Å²) in [6, 6.07) is 5.68. The average molecular weight is 237 g/mol. The molecular formula is C11H11NO3S. The quantitative estimate of drug-likeness (QED) is 0.884. The number of thiazole rings is 1. The summed E-state index contributed by atoms with van der Waals surface area (Å²) in [7, 11) is 0. The Morgan fingerprint density at radius 3 is 2.88 bits per heavy atom. The molecule has 1 aromatic carbocycles. The van der Waals surface area contributed by atoms with Crippen LogP contribution in [-0.4, -0.2) is 15.6 Å². The second-order valence-corrected chi connectivity index (χ2v) is 4.50. The fraction of sp³-hybridized carbons (Fsp3) is 0.273. The Kier molecular flexibility index (Phi) is 2.78. The summed E-state index contributed by atoms with van der Waals surface area (Å²) in [6.07, 6.45) is 0.904. The van der Waals surface area contributed by atoms with E-state index in [0.29, 0.717) is 5.52 Å². The minimum Gasteiger partial charge on any atom is -0.480 e. The summed E-state index contributed by atoms with van der Waals surface area (Å²) in [4.78, 5) is 22.0. The summed E-state index contributed by atoms with van der Waals surface area (Å²) >= 11 is 1.09. The van der Waals surface area contributed by atoms with Crippen molar-refractivity contribution in [2.75, 3.05) is 0 Å². The third kappa shape index (κ3) is 1.86. The van der Waals surface area contributed by atoms with Crippen molar-refractivity contribution in [2.45, 2.75) is 19.9 Å². The first kappa shape index (κ1) is 10.9. The Hall–Kier alpha value is -1.62. The molecule has 0 aliphatic heterocycles. The highest BCUT2D eigenvalue weighted by Gasteiger charge is 2.10. The van der Waals surface area contributed by atoms with Crippen molar-refractivity contribution < 1.29 is 9.90 Å². The van der Waals surface area contributed by atoms with Crippen molar-refractivity contribution in [1.29, 1.82) is 0 Å². The van der Waals surface area contributed by atoms with Gasteiger partial charge in [-0.3, -0.25) is 14.2 Å². The predicted octanol–water partition coefficient (Wildman–Crippen LogP) is 1.71. The van der Waals surface area contributed by atoms with Crippen LogP contribution in [0.2, 0.25) is 0 Å². The summed E-state index contributed by atoms with van der Waals surface area (Å²) in [5.41, 5.74) is 1.85. The number of carbonyl (C=O) groups is 1. The molecule has 0 amide bonds. The largest absolute Gasteiger partial charge is 0.480 e. The molecule has 2 aromatic rings. The third-order valence-corrected chi connectivity index (χ3v) is 3.38. The lowest BCUT2D eigenvalue weighted by molar-refractivity contribution is -0.137. The summed E-state index contributed by atoms with van der Waals surface area (Å²) in [5, 5.41) is 8.71. The third-order valence-electron chi connectivity index (χ3n) is 2.43. The van der Waals surface area contributed by atoms with Gasteiger partial charge in [0.1, 0.15) is 6.54 Å². The summed E-state index contributed by atoms with van der Waals surface area (Å²) in [5.74, 6) is -0.999. The zero-order chi connectivity index (χ0) is 11.7. The molecule has 0 unspecified atom stereocenters. The van der Waals surface area contributed by atoms with Gasteiger partial charge in [0.05, 0.1) is 10.2 Å². The Labute approximate surface area is 95.8 Å². The monoisotopic (exact) mass is 237 g/mol. The van der Waals surface area contributed by atoms with E-state index in [1.807, 2.05) is 25.1 Å². The number of aliphatic carboxylic acids is 1. The van der Waals surface area contributed by atoms with E-state index >= 15 is 0 Å². The number of hydrogen-bond acceptors (Lipinski definition) is 3. The maximum absolute atomic E-state index is 11.6. The van der Waals surface area contributed by atoms with Crippen LogP contribution in [0.15, 0.2) is 23.0 Å². The number of rotatable bonds is 3. The van der Waals surface area contributed by atoms with Gasteiger partial charge in [-0.05, 0) is 24.1 Å². The van der Waals surface area contributed by atoms with Crippen molar-refractivity contribution in [1.82, 2.24) is 4.57 Å². The van der Waals surface area contributed by atoms with Crippen molar-refractivity contribution in [2.24, 2.45) is 0 Å². The minimum absolute atomic E-state index is 0.217. The van der Waals surface area contributed by atoms with Gasteiger partial charge in [0, 0.05) is 0 Å². The number of aryl methyl sites for hydroxylation is 1. The van der Waals surface area contributed by atoms with Gasteiger partial charge in [-0.2, -0.15) is 0 Å². The average Bonchev–Trinajstić information content (AvgIpc) is 2.54. The van der Waals surface area contributed by atoms with Gasteiger partial charge in [0.15, 0.2) is 0 Å². The number of fused-ring (bicyclic) bond motifs is 1. The van der Waals surface area contributed by atoms with Crippen molar-refractivity contribution in [3.63, 3.8) is 0 Å². The molecule has 0 radical (unpaired) electrons. The van der Waals surface area contributed by atoms with Crippen molar-refractivity contribution >= 4 is 27.5 Å². The van der Waals surface area contributed by atoms with Crippen LogP contribution in [-0.2, 0) is 17.8 Å². The minimum atomic E-state index is -0.999. The van der Waals surface area contributed by atoms with Crippen LogP contribution < -0.4 is 4.87 Å². The maximum atomic E-state index is 11.6. The maximum Gasteiger partial charge on any atom is 0.323 e. The number of carboxylic acids is 1. The highest BCUT2D eigenvalue weighted by molar-refractivity contribution is 7.16. The molecule has 1 N–H and O–H groups in total. The van der Waals surface area contributed by atoms with E-state index < -0.39 is 5.97 Å². The van der Waals surface area contributed by atoms with Crippen LogP contribution in [0.5, 0.6) is 0 Å². The standard InChI is InChI=1S/C11H11NO3S/c1-2-7-3-4-8-9(5-7)16-11(15)12(8)6-10(13)14/h3-5H,2,6H2,1H3,(H,13,14). The van der Waals surface area contributed by atoms with Gasteiger partial charge in [-0.25, -0.2) is 0 Å². The van der Waals surface area contributed by atoms with Gasteiger partial charge < -0.3 is 5.11 Å². The van der Waals surface area contributed by atoms with E-state index in [2.05, 4.69) is 0 Å². The number of hydrogen-bond donors (Lipinski definition) is 1. The molecule has 84 valence electrons. The lowest BCUT2D eigenvalue weighted by Crippen LogP contribution is -2.18. The molecule has 0 saturated heterocycles. The van der Waals surface area contributed by atoms with E-state index in [4.69, 9.17) is 5.11 Å². The summed E-state index contributed by atoms with van der Waals surface area (Å²) < 4.78 is 2.15. The topological polar surface area (TPSA) is 59.3 Å². The lowest BCUT2D eigenvalue weighted by Gasteiger charge is -2.00. The molecule has 0 spiro atoms. The van der Waals surface area contributed by atoms with E-state index in [0.717, 1.165) is 28.0 Å². The molecule has 0 fully saturated rings. The van der Waals surface area contributed by atoms with E-state index in [1.165, 1.54) is 4.57 Å². The van der Waals surface area contributed by atoms with Crippen LogP contribution in [0.4, 0.5) is 0 Å². The molecule has 4 nitrogen and oxygen atoms in total. The molecular weight excluding hydrogens is 226 g/mol. The Morgan fingerprint density at radius 1 is 1.50 bits per heavy atom. The van der Waals surface area contributed by atoms with E-state index in [1.54, 1.807) is 0 Å². The molecule has 0 atom stereocenters. The Balaban J connectivity index is 2.62. The molecule has 1 aromatic heterocycles. The summed E-state index contributed by atoms with van der Waals surface area (Å²) in [6.45, 7) is 1.77. The van der Waals surface area contributed by atoms with E-state index in [-0.39, 0.29) is 11.4 Å². The van der Waals surface area contributed by atoms with Gasteiger partial charge >= 0.3 is 10.8 Å². The highest BCUT2D eigenvalue weighted by atomic mass is 32.1.